The Kier molecular flexibility index (Phi) is 6.03. The lowest BCUT2D eigenvalue weighted by atomic mass is 10.2. The molecule has 2 aromatic rings. The van der Waals surface area contributed by atoms with Crippen LogP contribution in [0.5, 0.6) is 11.5 Å². The number of aromatic nitrogens is 1. The fourth-order valence-electron chi connectivity index (χ4n) is 2.86. The molecule has 1 aromatic heterocycles. The molecule has 0 spiro atoms. The standard InChI is InChI=1S/C19H19F3N2O4/c20-19(21,22)18-16(2-1-8-23-18)28-15-7-9-24(10-15)17(26)12-27-14-5-3-13(11-25)4-6-14/h1-6,8,15,25H,7,9-12H2/t15-/m1/s1. The Hall–Kier alpha value is -2.81. The number of likely N-dealkylation sites (tertiary alicyclic amines) is 1. The zero-order valence-corrected chi connectivity index (χ0v) is 14.9. The highest BCUT2D eigenvalue weighted by atomic mass is 19.4. The number of hydrogen-bond acceptors (Lipinski definition) is 5. The molecule has 1 amide bonds. The van der Waals surface area contributed by atoms with Crippen molar-refractivity contribution in [2.45, 2.75) is 25.3 Å². The molecule has 28 heavy (non-hydrogen) atoms. The number of ether oxygens (including phenoxy) is 2. The number of carbonyl (C=O) groups is 1. The van der Waals surface area contributed by atoms with Crippen molar-refractivity contribution in [3.63, 3.8) is 0 Å². The third kappa shape index (κ3) is 4.92. The summed E-state index contributed by atoms with van der Waals surface area (Å²) in [7, 11) is 0. The number of halogens is 3. The minimum atomic E-state index is -4.61. The topological polar surface area (TPSA) is 71.9 Å². The van der Waals surface area contributed by atoms with Crippen LogP contribution in [0.2, 0.25) is 0 Å². The molecule has 6 nitrogen and oxygen atoms in total. The van der Waals surface area contributed by atoms with E-state index in [1.807, 2.05) is 0 Å². The average molecular weight is 396 g/mol. The fraction of sp³-hybridized carbons (Fsp3) is 0.368. The summed E-state index contributed by atoms with van der Waals surface area (Å²) in [6.45, 7) is 0.281. The number of aliphatic hydroxyl groups excluding tert-OH is 1. The van der Waals surface area contributed by atoms with Crippen molar-refractivity contribution in [3.8, 4) is 11.5 Å². The van der Waals surface area contributed by atoms with Gasteiger partial charge in [0.2, 0.25) is 0 Å². The second kappa shape index (κ2) is 8.47. The molecule has 3 rings (SSSR count). The Balaban J connectivity index is 1.53. The summed E-state index contributed by atoms with van der Waals surface area (Å²) in [5, 5.41) is 9.00. The molecule has 2 heterocycles. The van der Waals surface area contributed by atoms with Gasteiger partial charge >= 0.3 is 6.18 Å². The Morgan fingerprint density at radius 3 is 2.68 bits per heavy atom. The van der Waals surface area contributed by atoms with Crippen LogP contribution in [0.3, 0.4) is 0 Å². The number of pyridine rings is 1. The lowest BCUT2D eigenvalue weighted by Crippen LogP contribution is -2.34. The maximum Gasteiger partial charge on any atom is 0.437 e. The first kappa shape index (κ1) is 19.9. The van der Waals surface area contributed by atoms with E-state index in [1.165, 1.54) is 17.0 Å². The molecule has 1 aromatic carbocycles. The van der Waals surface area contributed by atoms with E-state index in [9.17, 15) is 18.0 Å². The van der Waals surface area contributed by atoms with Gasteiger partial charge in [-0.2, -0.15) is 13.2 Å². The molecule has 1 fully saturated rings. The van der Waals surface area contributed by atoms with E-state index < -0.39 is 18.0 Å². The Bertz CT molecular complexity index is 812. The van der Waals surface area contributed by atoms with Gasteiger partial charge in [-0.1, -0.05) is 12.1 Å². The van der Waals surface area contributed by atoms with Crippen molar-refractivity contribution in [2.24, 2.45) is 0 Å². The largest absolute Gasteiger partial charge is 0.486 e. The van der Waals surface area contributed by atoms with Crippen molar-refractivity contribution in [3.05, 3.63) is 53.9 Å². The number of rotatable bonds is 6. The SMILES string of the molecule is O=C(COc1ccc(CO)cc1)N1CC[C@@H](Oc2cccnc2C(F)(F)F)C1. The molecule has 0 saturated carbocycles. The van der Waals surface area contributed by atoms with Crippen molar-refractivity contribution < 1.29 is 32.5 Å². The zero-order valence-electron chi connectivity index (χ0n) is 14.9. The smallest absolute Gasteiger partial charge is 0.437 e. The second-order valence-corrected chi connectivity index (χ2v) is 6.31. The van der Waals surface area contributed by atoms with Crippen LogP contribution in [0.1, 0.15) is 17.7 Å². The molecule has 1 aliphatic heterocycles. The van der Waals surface area contributed by atoms with Gasteiger partial charge in [0, 0.05) is 19.2 Å². The monoisotopic (exact) mass is 396 g/mol. The molecule has 9 heteroatoms. The summed E-state index contributed by atoms with van der Waals surface area (Å²) in [5.74, 6) is -0.128. The van der Waals surface area contributed by atoms with E-state index in [1.54, 1.807) is 24.3 Å². The molecule has 0 bridgehead atoms. The van der Waals surface area contributed by atoms with Crippen LogP contribution in [0.4, 0.5) is 13.2 Å². The van der Waals surface area contributed by atoms with Gasteiger partial charge in [0.25, 0.3) is 5.91 Å². The van der Waals surface area contributed by atoms with E-state index >= 15 is 0 Å². The third-order valence-electron chi connectivity index (χ3n) is 4.30. The molecule has 0 radical (unpaired) electrons. The van der Waals surface area contributed by atoms with E-state index in [2.05, 4.69) is 4.98 Å². The highest BCUT2D eigenvalue weighted by Gasteiger charge is 2.37. The number of alkyl halides is 3. The molecule has 1 saturated heterocycles. The molecular weight excluding hydrogens is 377 g/mol. The Labute approximate surface area is 159 Å². The quantitative estimate of drug-likeness (QED) is 0.813. The third-order valence-corrected chi connectivity index (χ3v) is 4.30. The predicted molar refractivity (Wildman–Crippen MR) is 92.7 cm³/mol. The van der Waals surface area contributed by atoms with E-state index in [-0.39, 0.29) is 31.4 Å². The minimum Gasteiger partial charge on any atom is -0.486 e. The van der Waals surface area contributed by atoms with Gasteiger partial charge < -0.3 is 19.5 Å². The summed E-state index contributed by atoms with van der Waals surface area (Å²) in [6, 6.07) is 9.26. The predicted octanol–water partition coefficient (Wildman–Crippen LogP) is 2.65. The fourth-order valence-corrected chi connectivity index (χ4v) is 2.86. The molecule has 1 N–H and O–H groups in total. The molecule has 1 atom stereocenters. The normalized spacial score (nSPS) is 16.9. The molecule has 0 unspecified atom stereocenters. The van der Waals surface area contributed by atoms with Gasteiger partial charge in [0.15, 0.2) is 18.1 Å². The minimum absolute atomic E-state index is 0.0820. The summed E-state index contributed by atoms with van der Waals surface area (Å²) >= 11 is 0. The highest BCUT2D eigenvalue weighted by molar-refractivity contribution is 5.78. The van der Waals surface area contributed by atoms with Crippen molar-refractivity contribution in [1.82, 2.24) is 9.88 Å². The lowest BCUT2D eigenvalue weighted by Gasteiger charge is -2.19. The molecular formula is C19H19F3N2O4. The summed E-state index contributed by atoms with van der Waals surface area (Å²) in [4.78, 5) is 17.1. The summed E-state index contributed by atoms with van der Waals surface area (Å²) < 4.78 is 49.9. The van der Waals surface area contributed by atoms with E-state index in [0.29, 0.717) is 18.7 Å². The van der Waals surface area contributed by atoms with Crippen LogP contribution >= 0.6 is 0 Å². The van der Waals surface area contributed by atoms with Gasteiger partial charge in [0.1, 0.15) is 11.9 Å². The summed E-state index contributed by atoms with van der Waals surface area (Å²) in [6.07, 6.45) is -3.67. The average Bonchev–Trinajstić information content (AvgIpc) is 3.14. The van der Waals surface area contributed by atoms with Crippen LogP contribution in [-0.4, -0.2) is 46.7 Å². The van der Waals surface area contributed by atoms with Gasteiger partial charge in [-0.05, 0) is 29.8 Å². The number of benzene rings is 1. The van der Waals surface area contributed by atoms with Crippen LogP contribution in [0.15, 0.2) is 42.6 Å². The Morgan fingerprint density at radius 1 is 1.25 bits per heavy atom. The lowest BCUT2D eigenvalue weighted by molar-refractivity contribution is -0.143. The van der Waals surface area contributed by atoms with Gasteiger partial charge in [-0.15, -0.1) is 0 Å². The van der Waals surface area contributed by atoms with Crippen molar-refractivity contribution >= 4 is 5.91 Å². The van der Waals surface area contributed by atoms with Gasteiger partial charge in [-0.25, -0.2) is 4.98 Å². The van der Waals surface area contributed by atoms with Crippen LogP contribution in [-0.2, 0) is 17.6 Å². The first-order chi connectivity index (χ1) is 13.4. The van der Waals surface area contributed by atoms with Crippen LogP contribution < -0.4 is 9.47 Å². The van der Waals surface area contributed by atoms with Crippen LogP contribution in [0, 0.1) is 0 Å². The molecule has 1 aliphatic rings. The number of amides is 1. The number of aliphatic hydroxyl groups is 1. The van der Waals surface area contributed by atoms with Gasteiger partial charge in [-0.3, -0.25) is 4.79 Å². The van der Waals surface area contributed by atoms with E-state index in [0.717, 1.165) is 11.8 Å². The highest BCUT2D eigenvalue weighted by Crippen LogP contribution is 2.35. The molecule has 150 valence electrons. The summed E-state index contributed by atoms with van der Waals surface area (Å²) in [5.41, 5.74) is -0.346. The zero-order chi connectivity index (χ0) is 20.1. The first-order valence-corrected chi connectivity index (χ1v) is 8.66. The maximum absolute atomic E-state index is 13.0. The van der Waals surface area contributed by atoms with Gasteiger partial charge in [0.05, 0.1) is 13.2 Å². The van der Waals surface area contributed by atoms with Crippen LogP contribution in [0.25, 0.3) is 0 Å². The first-order valence-electron chi connectivity index (χ1n) is 8.66. The van der Waals surface area contributed by atoms with Crippen molar-refractivity contribution in [2.75, 3.05) is 19.7 Å². The number of hydrogen-bond donors (Lipinski definition) is 1. The number of carbonyl (C=O) groups excluding carboxylic acids is 1. The van der Waals surface area contributed by atoms with E-state index in [4.69, 9.17) is 14.6 Å². The second-order valence-electron chi connectivity index (χ2n) is 6.31. The maximum atomic E-state index is 13.0. The van der Waals surface area contributed by atoms with Crippen molar-refractivity contribution in [1.29, 1.82) is 0 Å². The number of nitrogens with zero attached hydrogens (tertiary/aromatic N) is 2. The Morgan fingerprint density at radius 2 is 2.00 bits per heavy atom. The molecule has 0 aliphatic carbocycles.